The van der Waals surface area contributed by atoms with Crippen molar-refractivity contribution in [3.05, 3.63) is 11.6 Å². The summed E-state index contributed by atoms with van der Waals surface area (Å²) in [5.41, 5.74) is 0. The van der Waals surface area contributed by atoms with Gasteiger partial charge in [-0.3, -0.25) is 0 Å². The van der Waals surface area contributed by atoms with Gasteiger partial charge < -0.3 is 9.88 Å². The maximum atomic E-state index is 4.31. The van der Waals surface area contributed by atoms with Gasteiger partial charge in [0.05, 0.1) is 6.04 Å². The molecule has 1 atom stereocenters. The summed E-state index contributed by atoms with van der Waals surface area (Å²) in [6.45, 7) is 6.47. The Morgan fingerprint density at radius 2 is 2.27 bits per heavy atom. The van der Waals surface area contributed by atoms with Crippen molar-refractivity contribution in [2.45, 2.75) is 52.1 Å². The van der Waals surface area contributed by atoms with Crippen LogP contribution in [0, 0.1) is 0 Å². The highest BCUT2D eigenvalue weighted by molar-refractivity contribution is 5.04. The third kappa shape index (κ3) is 2.04. The summed E-state index contributed by atoms with van der Waals surface area (Å²) in [6, 6.07) is 0.404. The molecule has 15 heavy (non-hydrogen) atoms. The maximum Gasteiger partial charge on any atom is 0.150 e. The van der Waals surface area contributed by atoms with E-state index in [0.717, 1.165) is 31.8 Å². The van der Waals surface area contributed by atoms with Crippen LogP contribution in [-0.4, -0.2) is 21.3 Å². The summed E-state index contributed by atoms with van der Waals surface area (Å²) in [6.07, 6.45) is 4.59. The van der Waals surface area contributed by atoms with E-state index in [1.165, 1.54) is 18.7 Å². The van der Waals surface area contributed by atoms with Gasteiger partial charge in [0.15, 0.2) is 0 Å². The lowest BCUT2D eigenvalue weighted by molar-refractivity contribution is 0.399. The van der Waals surface area contributed by atoms with Crippen molar-refractivity contribution in [2.75, 3.05) is 6.54 Å². The molecule has 0 fully saturated rings. The Morgan fingerprint density at radius 3 is 3.00 bits per heavy atom. The lowest BCUT2D eigenvalue weighted by Gasteiger charge is -2.23. The smallest absolute Gasteiger partial charge is 0.150 e. The zero-order valence-corrected chi connectivity index (χ0v) is 9.66. The molecule has 0 saturated carbocycles. The van der Waals surface area contributed by atoms with Crippen LogP contribution in [0.15, 0.2) is 0 Å². The quantitative estimate of drug-likeness (QED) is 0.818. The number of hydrogen-bond donors (Lipinski definition) is 1. The lowest BCUT2D eigenvalue weighted by Crippen LogP contribution is -2.33. The molecule has 0 aromatic carbocycles. The first-order chi connectivity index (χ1) is 7.36. The van der Waals surface area contributed by atoms with Crippen LogP contribution in [0.5, 0.6) is 0 Å². The van der Waals surface area contributed by atoms with E-state index >= 15 is 0 Å². The number of nitrogens with zero attached hydrogens (tertiary/aromatic N) is 3. The Morgan fingerprint density at radius 1 is 1.40 bits per heavy atom. The van der Waals surface area contributed by atoms with Crippen LogP contribution < -0.4 is 5.32 Å². The molecule has 1 aromatic rings. The summed E-state index contributed by atoms with van der Waals surface area (Å²) in [5, 5.41) is 12.1. The van der Waals surface area contributed by atoms with E-state index < -0.39 is 0 Å². The molecule has 1 aliphatic rings. The van der Waals surface area contributed by atoms with Crippen molar-refractivity contribution in [2.24, 2.45) is 0 Å². The van der Waals surface area contributed by atoms with Gasteiger partial charge in [-0.15, -0.1) is 10.2 Å². The Balaban J connectivity index is 2.18. The standard InChI is InChI=1S/C11H20N4/c1-3-5-6-10-13-14-11-9(4-2)12-7-8-15(10)11/h9,12H,3-8H2,1-2H3. The van der Waals surface area contributed by atoms with Crippen molar-refractivity contribution in [3.63, 3.8) is 0 Å². The zero-order valence-electron chi connectivity index (χ0n) is 9.66. The first kappa shape index (κ1) is 10.6. The molecule has 4 nitrogen and oxygen atoms in total. The van der Waals surface area contributed by atoms with E-state index in [1.54, 1.807) is 0 Å². The van der Waals surface area contributed by atoms with Gasteiger partial charge in [-0.05, 0) is 12.8 Å². The fourth-order valence-corrected chi connectivity index (χ4v) is 2.14. The van der Waals surface area contributed by atoms with Gasteiger partial charge in [-0.1, -0.05) is 20.3 Å². The van der Waals surface area contributed by atoms with Gasteiger partial charge in [0.1, 0.15) is 11.6 Å². The Labute approximate surface area is 91.1 Å². The second-order valence-electron chi connectivity index (χ2n) is 4.14. The largest absolute Gasteiger partial charge is 0.312 e. The Kier molecular flexibility index (Phi) is 3.36. The average Bonchev–Trinajstić information content (AvgIpc) is 2.69. The number of fused-ring (bicyclic) bond motifs is 1. The molecule has 0 bridgehead atoms. The highest BCUT2D eigenvalue weighted by atomic mass is 15.3. The van der Waals surface area contributed by atoms with Crippen LogP contribution in [0.25, 0.3) is 0 Å². The minimum absolute atomic E-state index is 0.404. The third-order valence-corrected chi connectivity index (χ3v) is 3.06. The Hall–Kier alpha value is -0.900. The van der Waals surface area contributed by atoms with Gasteiger partial charge >= 0.3 is 0 Å². The van der Waals surface area contributed by atoms with E-state index in [4.69, 9.17) is 0 Å². The predicted molar refractivity (Wildman–Crippen MR) is 59.7 cm³/mol. The van der Waals surface area contributed by atoms with E-state index in [2.05, 4.69) is 33.9 Å². The number of unbranched alkanes of at least 4 members (excludes halogenated alkanes) is 1. The summed E-state index contributed by atoms with van der Waals surface area (Å²) in [4.78, 5) is 0. The molecule has 4 heteroatoms. The molecular weight excluding hydrogens is 188 g/mol. The van der Waals surface area contributed by atoms with Crippen molar-refractivity contribution < 1.29 is 0 Å². The fraction of sp³-hybridized carbons (Fsp3) is 0.818. The topological polar surface area (TPSA) is 42.7 Å². The van der Waals surface area contributed by atoms with Gasteiger partial charge in [0.2, 0.25) is 0 Å². The lowest BCUT2D eigenvalue weighted by atomic mass is 10.1. The summed E-state index contributed by atoms with van der Waals surface area (Å²) >= 11 is 0. The van der Waals surface area contributed by atoms with Gasteiger partial charge in [0, 0.05) is 19.5 Å². The molecule has 1 aromatic heterocycles. The molecule has 1 N–H and O–H groups in total. The monoisotopic (exact) mass is 208 g/mol. The van der Waals surface area contributed by atoms with Crippen LogP contribution in [0.3, 0.4) is 0 Å². The van der Waals surface area contributed by atoms with E-state index in [0.29, 0.717) is 6.04 Å². The number of aromatic nitrogens is 3. The van der Waals surface area contributed by atoms with Crippen LogP contribution in [-0.2, 0) is 13.0 Å². The third-order valence-electron chi connectivity index (χ3n) is 3.06. The van der Waals surface area contributed by atoms with E-state index in [9.17, 15) is 0 Å². The van der Waals surface area contributed by atoms with E-state index in [-0.39, 0.29) is 0 Å². The van der Waals surface area contributed by atoms with Crippen molar-refractivity contribution >= 4 is 0 Å². The SMILES string of the molecule is CCCCc1nnc2n1CCNC2CC. The molecule has 0 spiro atoms. The molecule has 84 valence electrons. The molecule has 1 unspecified atom stereocenters. The highest BCUT2D eigenvalue weighted by Crippen LogP contribution is 2.19. The number of rotatable bonds is 4. The first-order valence-corrected chi connectivity index (χ1v) is 6.02. The summed E-state index contributed by atoms with van der Waals surface area (Å²) in [5.74, 6) is 2.31. The predicted octanol–water partition coefficient (Wildman–Crippen LogP) is 1.67. The number of aryl methyl sites for hydroxylation is 1. The summed E-state index contributed by atoms with van der Waals surface area (Å²) in [7, 11) is 0. The molecule has 0 amide bonds. The zero-order chi connectivity index (χ0) is 10.7. The Bertz CT molecular complexity index is 318. The number of hydrogen-bond acceptors (Lipinski definition) is 3. The molecule has 2 heterocycles. The molecule has 2 rings (SSSR count). The minimum Gasteiger partial charge on any atom is -0.312 e. The molecule has 0 saturated heterocycles. The molecule has 0 aliphatic carbocycles. The van der Waals surface area contributed by atoms with Gasteiger partial charge in [0.25, 0.3) is 0 Å². The van der Waals surface area contributed by atoms with Gasteiger partial charge in [-0.2, -0.15) is 0 Å². The highest BCUT2D eigenvalue weighted by Gasteiger charge is 2.22. The van der Waals surface area contributed by atoms with Crippen LogP contribution in [0.4, 0.5) is 0 Å². The maximum absolute atomic E-state index is 4.31. The average molecular weight is 208 g/mol. The van der Waals surface area contributed by atoms with Crippen LogP contribution in [0.2, 0.25) is 0 Å². The number of nitrogens with one attached hydrogen (secondary N) is 1. The van der Waals surface area contributed by atoms with Crippen molar-refractivity contribution in [1.82, 2.24) is 20.1 Å². The van der Waals surface area contributed by atoms with E-state index in [1.807, 2.05) is 0 Å². The second kappa shape index (κ2) is 4.75. The first-order valence-electron chi connectivity index (χ1n) is 6.02. The van der Waals surface area contributed by atoms with Crippen molar-refractivity contribution in [3.8, 4) is 0 Å². The summed E-state index contributed by atoms with van der Waals surface area (Å²) < 4.78 is 2.31. The molecular formula is C11H20N4. The van der Waals surface area contributed by atoms with Crippen LogP contribution >= 0.6 is 0 Å². The van der Waals surface area contributed by atoms with Crippen LogP contribution in [0.1, 0.15) is 50.8 Å². The second-order valence-corrected chi connectivity index (χ2v) is 4.14. The minimum atomic E-state index is 0.404. The van der Waals surface area contributed by atoms with Crippen molar-refractivity contribution in [1.29, 1.82) is 0 Å². The molecule has 0 radical (unpaired) electrons. The van der Waals surface area contributed by atoms with Gasteiger partial charge in [-0.25, -0.2) is 0 Å². The molecule has 1 aliphatic heterocycles. The normalized spacial score (nSPS) is 20.3. The fourth-order valence-electron chi connectivity index (χ4n) is 2.14.